The van der Waals surface area contributed by atoms with Crippen LogP contribution in [0.2, 0.25) is 0 Å². The smallest absolute Gasteiger partial charge is 0.325 e. The fourth-order valence-electron chi connectivity index (χ4n) is 0.967. The molecule has 1 N–H and O–H groups in total. The van der Waals surface area contributed by atoms with E-state index in [-0.39, 0.29) is 0 Å². The molecule has 0 aromatic heterocycles. The van der Waals surface area contributed by atoms with E-state index in [0.717, 1.165) is 0 Å². The number of carboxylic acid groups (broad SMARTS) is 1. The first-order chi connectivity index (χ1) is 6.16. The minimum absolute atomic E-state index is 0.484. The average Bonchev–Trinajstić information content (AvgIpc) is 2.09. The second kappa shape index (κ2) is 4.06. The van der Waals surface area contributed by atoms with Crippen LogP contribution >= 0.6 is 15.9 Å². The van der Waals surface area contributed by atoms with Gasteiger partial charge in [0.05, 0.1) is 6.07 Å². The molecule has 0 amide bonds. The summed E-state index contributed by atoms with van der Waals surface area (Å²) in [5, 5.41) is 17.3. The molecule has 1 rings (SSSR count). The highest BCUT2D eigenvalue weighted by Gasteiger charge is 2.20. The van der Waals surface area contributed by atoms with Crippen molar-refractivity contribution in [1.29, 1.82) is 5.26 Å². The third-order valence-electron chi connectivity index (χ3n) is 1.59. The molecule has 4 heteroatoms. The summed E-state index contributed by atoms with van der Waals surface area (Å²) in [6.07, 6.45) is 0. The molecular formula is C9H6BrNO2. The van der Waals surface area contributed by atoms with E-state index < -0.39 is 11.9 Å². The van der Waals surface area contributed by atoms with Crippen LogP contribution in [0.4, 0.5) is 0 Å². The van der Waals surface area contributed by atoms with Gasteiger partial charge in [-0.1, -0.05) is 34.1 Å². The van der Waals surface area contributed by atoms with E-state index >= 15 is 0 Å². The lowest BCUT2D eigenvalue weighted by Crippen LogP contribution is -2.09. The Balaban J connectivity index is 3.14. The van der Waals surface area contributed by atoms with Gasteiger partial charge in [-0.2, -0.15) is 5.26 Å². The van der Waals surface area contributed by atoms with Gasteiger partial charge in [0.15, 0.2) is 5.92 Å². The Bertz CT molecular complexity index is 370. The van der Waals surface area contributed by atoms with Crippen molar-refractivity contribution in [3.05, 3.63) is 34.3 Å². The van der Waals surface area contributed by atoms with E-state index in [2.05, 4.69) is 15.9 Å². The van der Waals surface area contributed by atoms with Gasteiger partial charge in [0.25, 0.3) is 0 Å². The van der Waals surface area contributed by atoms with Crippen LogP contribution in [0.25, 0.3) is 0 Å². The molecule has 0 bridgehead atoms. The highest BCUT2D eigenvalue weighted by Crippen LogP contribution is 2.24. The summed E-state index contributed by atoms with van der Waals surface area (Å²) in [6, 6.07) is 8.53. The minimum Gasteiger partial charge on any atom is -0.480 e. The molecule has 0 saturated heterocycles. The molecule has 0 saturated carbocycles. The Morgan fingerprint density at radius 3 is 2.62 bits per heavy atom. The molecule has 0 radical (unpaired) electrons. The average molecular weight is 240 g/mol. The molecule has 66 valence electrons. The third kappa shape index (κ3) is 2.07. The number of nitriles is 1. The third-order valence-corrected chi connectivity index (χ3v) is 2.31. The van der Waals surface area contributed by atoms with Crippen LogP contribution in [0.1, 0.15) is 11.5 Å². The van der Waals surface area contributed by atoms with Crippen LogP contribution in [0.3, 0.4) is 0 Å². The zero-order chi connectivity index (χ0) is 9.84. The number of nitrogens with zero attached hydrogens (tertiary/aromatic N) is 1. The summed E-state index contributed by atoms with van der Waals surface area (Å²) in [7, 11) is 0. The first kappa shape index (κ1) is 9.75. The Kier molecular flexibility index (Phi) is 3.04. The highest BCUT2D eigenvalue weighted by molar-refractivity contribution is 9.10. The van der Waals surface area contributed by atoms with Crippen molar-refractivity contribution in [3.63, 3.8) is 0 Å². The van der Waals surface area contributed by atoms with Crippen molar-refractivity contribution >= 4 is 21.9 Å². The lowest BCUT2D eigenvalue weighted by molar-refractivity contribution is -0.137. The summed E-state index contributed by atoms with van der Waals surface area (Å²) in [5.74, 6) is -2.23. The van der Waals surface area contributed by atoms with Crippen LogP contribution in [0, 0.1) is 11.3 Å². The zero-order valence-corrected chi connectivity index (χ0v) is 8.15. The predicted octanol–water partition coefficient (Wildman–Crippen LogP) is 2.14. The molecule has 1 aromatic rings. The molecular weight excluding hydrogens is 234 g/mol. The highest BCUT2D eigenvalue weighted by atomic mass is 79.9. The molecule has 0 aliphatic heterocycles. The molecule has 0 fully saturated rings. The lowest BCUT2D eigenvalue weighted by Gasteiger charge is -2.05. The van der Waals surface area contributed by atoms with Crippen LogP contribution in [0.15, 0.2) is 28.7 Å². The van der Waals surface area contributed by atoms with Crippen molar-refractivity contribution in [2.24, 2.45) is 0 Å². The number of benzene rings is 1. The van der Waals surface area contributed by atoms with Gasteiger partial charge in [-0.3, -0.25) is 4.79 Å². The van der Waals surface area contributed by atoms with Crippen LogP contribution in [-0.4, -0.2) is 11.1 Å². The quantitative estimate of drug-likeness (QED) is 0.861. The molecule has 13 heavy (non-hydrogen) atoms. The predicted molar refractivity (Wildman–Crippen MR) is 50.1 cm³/mol. The molecule has 1 unspecified atom stereocenters. The van der Waals surface area contributed by atoms with E-state index in [4.69, 9.17) is 10.4 Å². The van der Waals surface area contributed by atoms with Crippen LogP contribution in [0.5, 0.6) is 0 Å². The molecule has 1 aromatic carbocycles. The van der Waals surface area contributed by atoms with Gasteiger partial charge in [-0.15, -0.1) is 0 Å². The van der Waals surface area contributed by atoms with Crippen molar-refractivity contribution < 1.29 is 9.90 Å². The molecule has 0 heterocycles. The van der Waals surface area contributed by atoms with E-state index in [1.165, 1.54) is 0 Å². The fraction of sp³-hybridized carbons (Fsp3) is 0.111. The van der Waals surface area contributed by atoms with E-state index in [9.17, 15) is 4.79 Å². The maximum absolute atomic E-state index is 10.6. The molecule has 3 nitrogen and oxygen atoms in total. The van der Waals surface area contributed by atoms with Crippen LogP contribution in [-0.2, 0) is 4.79 Å². The topological polar surface area (TPSA) is 61.1 Å². The number of carbonyl (C=O) groups is 1. The van der Waals surface area contributed by atoms with Gasteiger partial charge in [0.2, 0.25) is 0 Å². The van der Waals surface area contributed by atoms with Crippen molar-refractivity contribution in [2.45, 2.75) is 5.92 Å². The standard InChI is InChI=1S/C9H6BrNO2/c10-8-4-2-1-3-6(8)7(5-11)9(12)13/h1-4,7H,(H,12,13). The van der Waals surface area contributed by atoms with Crippen LogP contribution < -0.4 is 0 Å². The van der Waals surface area contributed by atoms with Gasteiger partial charge in [-0.05, 0) is 11.6 Å². The van der Waals surface area contributed by atoms with Gasteiger partial charge < -0.3 is 5.11 Å². The number of carboxylic acids is 1. The summed E-state index contributed by atoms with van der Waals surface area (Å²) in [5.41, 5.74) is 0.484. The van der Waals surface area contributed by atoms with Crippen molar-refractivity contribution in [3.8, 4) is 6.07 Å². The first-order valence-corrected chi connectivity index (χ1v) is 4.33. The monoisotopic (exact) mass is 239 g/mol. The second-order valence-corrected chi connectivity index (χ2v) is 3.28. The summed E-state index contributed by atoms with van der Waals surface area (Å²) in [6.45, 7) is 0. The maximum atomic E-state index is 10.6. The van der Waals surface area contributed by atoms with Gasteiger partial charge in [0, 0.05) is 4.47 Å². The van der Waals surface area contributed by atoms with E-state index in [1.54, 1.807) is 30.3 Å². The minimum atomic E-state index is -1.13. The first-order valence-electron chi connectivity index (χ1n) is 3.53. The SMILES string of the molecule is N#CC(C(=O)O)c1ccccc1Br. The Hall–Kier alpha value is -1.34. The van der Waals surface area contributed by atoms with Crippen molar-refractivity contribution in [2.75, 3.05) is 0 Å². The second-order valence-electron chi connectivity index (χ2n) is 2.42. The normalized spacial score (nSPS) is 11.7. The molecule has 0 aliphatic rings. The van der Waals surface area contributed by atoms with Gasteiger partial charge in [0.1, 0.15) is 0 Å². The number of rotatable bonds is 2. The van der Waals surface area contributed by atoms with E-state index in [0.29, 0.717) is 10.0 Å². The molecule has 0 spiro atoms. The van der Waals surface area contributed by atoms with E-state index in [1.807, 2.05) is 0 Å². The zero-order valence-electron chi connectivity index (χ0n) is 6.57. The Labute approximate surface area is 83.7 Å². The lowest BCUT2D eigenvalue weighted by atomic mass is 10.0. The summed E-state index contributed by atoms with van der Waals surface area (Å²) >= 11 is 3.19. The largest absolute Gasteiger partial charge is 0.480 e. The van der Waals surface area contributed by atoms with Gasteiger partial charge >= 0.3 is 5.97 Å². The Morgan fingerprint density at radius 2 is 2.15 bits per heavy atom. The number of halogens is 1. The maximum Gasteiger partial charge on any atom is 0.325 e. The summed E-state index contributed by atoms with van der Waals surface area (Å²) < 4.78 is 0.643. The number of hydrogen-bond donors (Lipinski definition) is 1. The number of hydrogen-bond acceptors (Lipinski definition) is 2. The number of aliphatic carboxylic acids is 1. The molecule has 1 atom stereocenters. The summed E-state index contributed by atoms with van der Waals surface area (Å²) in [4.78, 5) is 10.6. The Morgan fingerprint density at radius 1 is 1.54 bits per heavy atom. The van der Waals surface area contributed by atoms with Crippen molar-refractivity contribution in [1.82, 2.24) is 0 Å². The van der Waals surface area contributed by atoms with Gasteiger partial charge in [-0.25, -0.2) is 0 Å². The molecule has 0 aliphatic carbocycles. The fourth-order valence-corrected chi connectivity index (χ4v) is 1.48.